The molecule has 0 spiro atoms. The number of hydrogen-bond acceptors (Lipinski definition) is 3. The van der Waals surface area contributed by atoms with Crippen LogP contribution in [0.25, 0.3) is 10.9 Å². The van der Waals surface area contributed by atoms with Crippen LogP contribution >= 0.6 is 0 Å². The van der Waals surface area contributed by atoms with E-state index in [1.807, 2.05) is 23.8 Å². The molecule has 5 nitrogen and oxygen atoms in total. The molecular formula is C12H14N2O3. The minimum Gasteiger partial charge on any atom is -0.396 e. The lowest BCUT2D eigenvalue weighted by Crippen LogP contribution is -2.10. The van der Waals surface area contributed by atoms with Crippen molar-refractivity contribution in [2.75, 3.05) is 6.61 Å². The Bertz CT molecular complexity index is 548. The van der Waals surface area contributed by atoms with E-state index < -0.39 is 0 Å². The predicted octanol–water partition coefficient (Wildman–Crippen LogP) is 2.18. The average Bonchev–Trinajstić information content (AvgIpc) is 2.72. The Balaban J connectivity index is 2.47. The first kappa shape index (κ1) is 11.6. The molecule has 2 aromatic rings. The van der Waals surface area contributed by atoms with Crippen LogP contribution in [-0.2, 0) is 6.54 Å². The van der Waals surface area contributed by atoms with E-state index in [1.165, 1.54) is 6.07 Å². The summed E-state index contributed by atoms with van der Waals surface area (Å²) in [6, 6.07) is 6.78. The van der Waals surface area contributed by atoms with Crippen LogP contribution in [0.15, 0.2) is 30.5 Å². The normalized spacial score (nSPS) is 12.8. The van der Waals surface area contributed by atoms with Gasteiger partial charge in [-0.25, -0.2) is 0 Å². The number of aromatic nitrogens is 1. The molecule has 0 aliphatic heterocycles. The van der Waals surface area contributed by atoms with E-state index in [2.05, 4.69) is 0 Å². The third-order valence-electron chi connectivity index (χ3n) is 2.81. The molecule has 0 bridgehead atoms. The Morgan fingerprint density at radius 2 is 2.24 bits per heavy atom. The summed E-state index contributed by atoms with van der Waals surface area (Å²) in [5.74, 6) is 0.130. The van der Waals surface area contributed by atoms with E-state index in [4.69, 9.17) is 5.11 Å². The molecule has 0 aliphatic carbocycles. The molecule has 0 fully saturated rings. The molecule has 2 rings (SSSR count). The second kappa shape index (κ2) is 4.55. The zero-order valence-corrected chi connectivity index (χ0v) is 9.54. The Morgan fingerprint density at radius 1 is 1.47 bits per heavy atom. The zero-order valence-electron chi connectivity index (χ0n) is 9.54. The summed E-state index contributed by atoms with van der Waals surface area (Å²) >= 11 is 0. The standard InChI is InChI=1S/C12H14N2O3/c1-9(8-15)7-13-6-5-10-11(13)3-2-4-12(10)14(16)17/h2-6,9,15H,7-8H2,1H3. The number of rotatable bonds is 4. The van der Waals surface area contributed by atoms with Gasteiger partial charge in [0.2, 0.25) is 0 Å². The van der Waals surface area contributed by atoms with Gasteiger partial charge in [-0.1, -0.05) is 13.0 Å². The van der Waals surface area contributed by atoms with Crippen molar-refractivity contribution in [1.29, 1.82) is 0 Å². The molecule has 1 aromatic carbocycles. The first-order valence-corrected chi connectivity index (χ1v) is 5.46. The van der Waals surface area contributed by atoms with E-state index >= 15 is 0 Å². The van der Waals surface area contributed by atoms with Crippen LogP contribution in [0.2, 0.25) is 0 Å². The Morgan fingerprint density at radius 3 is 2.88 bits per heavy atom. The highest BCUT2D eigenvalue weighted by molar-refractivity contribution is 5.89. The fourth-order valence-corrected chi connectivity index (χ4v) is 1.92. The van der Waals surface area contributed by atoms with Gasteiger partial charge < -0.3 is 9.67 Å². The Kier molecular flexibility index (Phi) is 3.10. The van der Waals surface area contributed by atoms with Gasteiger partial charge in [-0.15, -0.1) is 0 Å². The summed E-state index contributed by atoms with van der Waals surface area (Å²) in [7, 11) is 0. The zero-order chi connectivity index (χ0) is 12.4. The molecule has 1 atom stereocenters. The number of nitro groups is 1. The molecule has 17 heavy (non-hydrogen) atoms. The molecule has 0 saturated heterocycles. The van der Waals surface area contributed by atoms with Gasteiger partial charge in [0, 0.05) is 25.4 Å². The minimum absolute atomic E-state index is 0.106. The molecule has 0 aliphatic rings. The largest absolute Gasteiger partial charge is 0.396 e. The summed E-state index contributed by atoms with van der Waals surface area (Å²) in [6.07, 6.45) is 1.82. The monoisotopic (exact) mass is 234 g/mol. The van der Waals surface area contributed by atoms with Gasteiger partial charge in [0.25, 0.3) is 5.69 Å². The molecule has 0 amide bonds. The number of nitro benzene ring substituents is 1. The van der Waals surface area contributed by atoms with Gasteiger partial charge in [0.15, 0.2) is 0 Å². The van der Waals surface area contributed by atoms with Crippen molar-refractivity contribution in [3.05, 3.63) is 40.6 Å². The van der Waals surface area contributed by atoms with Crippen LogP contribution < -0.4 is 0 Å². The second-order valence-corrected chi connectivity index (χ2v) is 4.22. The smallest absolute Gasteiger partial charge is 0.278 e. The molecular weight excluding hydrogens is 220 g/mol. The number of nitrogens with zero attached hydrogens (tertiary/aromatic N) is 2. The van der Waals surface area contributed by atoms with Gasteiger partial charge in [-0.05, 0) is 18.1 Å². The van der Waals surface area contributed by atoms with Crippen LogP contribution in [0.1, 0.15) is 6.92 Å². The molecule has 0 radical (unpaired) electrons. The third-order valence-corrected chi connectivity index (χ3v) is 2.81. The summed E-state index contributed by atoms with van der Waals surface area (Å²) in [5.41, 5.74) is 0.956. The maximum absolute atomic E-state index is 10.9. The first-order valence-electron chi connectivity index (χ1n) is 5.46. The van der Waals surface area contributed by atoms with Crippen LogP contribution in [-0.4, -0.2) is 21.2 Å². The molecule has 90 valence electrons. The summed E-state index contributed by atoms with van der Waals surface area (Å²) in [6.45, 7) is 2.69. The number of benzene rings is 1. The van der Waals surface area contributed by atoms with Crippen molar-refractivity contribution in [3.8, 4) is 0 Å². The van der Waals surface area contributed by atoms with Crippen molar-refractivity contribution in [1.82, 2.24) is 4.57 Å². The molecule has 0 saturated carbocycles. The van der Waals surface area contributed by atoms with Crippen LogP contribution in [0.5, 0.6) is 0 Å². The van der Waals surface area contributed by atoms with E-state index in [0.717, 1.165) is 5.52 Å². The van der Waals surface area contributed by atoms with E-state index in [-0.39, 0.29) is 23.1 Å². The van der Waals surface area contributed by atoms with Crippen molar-refractivity contribution < 1.29 is 10.0 Å². The SMILES string of the molecule is CC(CO)Cn1ccc2c([N+](=O)[O-])cccc21. The molecule has 1 heterocycles. The van der Waals surface area contributed by atoms with Crippen LogP contribution in [0.3, 0.4) is 0 Å². The van der Waals surface area contributed by atoms with E-state index in [0.29, 0.717) is 11.9 Å². The lowest BCUT2D eigenvalue weighted by molar-refractivity contribution is -0.383. The van der Waals surface area contributed by atoms with Crippen LogP contribution in [0.4, 0.5) is 5.69 Å². The Hall–Kier alpha value is -1.88. The highest BCUT2D eigenvalue weighted by Gasteiger charge is 2.14. The van der Waals surface area contributed by atoms with Crippen molar-refractivity contribution >= 4 is 16.6 Å². The predicted molar refractivity (Wildman–Crippen MR) is 64.8 cm³/mol. The van der Waals surface area contributed by atoms with Crippen molar-refractivity contribution in [3.63, 3.8) is 0 Å². The molecule has 1 N–H and O–H groups in total. The quantitative estimate of drug-likeness (QED) is 0.651. The number of aliphatic hydroxyl groups is 1. The molecule has 1 unspecified atom stereocenters. The first-order chi connectivity index (χ1) is 8.13. The third kappa shape index (κ3) is 2.14. The topological polar surface area (TPSA) is 68.3 Å². The number of hydrogen-bond donors (Lipinski definition) is 1. The second-order valence-electron chi connectivity index (χ2n) is 4.22. The lowest BCUT2D eigenvalue weighted by atomic mass is 10.2. The fourth-order valence-electron chi connectivity index (χ4n) is 1.92. The van der Waals surface area contributed by atoms with Gasteiger partial charge in [-0.3, -0.25) is 10.1 Å². The summed E-state index contributed by atoms with van der Waals surface area (Å²) in [5, 5.41) is 20.5. The van der Waals surface area contributed by atoms with Gasteiger partial charge in [0.1, 0.15) is 0 Å². The fraction of sp³-hybridized carbons (Fsp3) is 0.333. The maximum Gasteiger partial charge on any atom is 0.278 e. The Labute approximate surface area is 98.4 Å². The van der Waals surface area contributed by atoms with E-state index in [1.54, 1.807) is 12.1 Å². The number of fused-ring (bicyclic) bond motifs is 1. The van der Waals surface area contributed by atoms with Gasteiger partial charge in [-0.2, -0.15) is 0 Å². The maximum atomic E-state index is 10.9. The number of non-ortho nitro benzene ring substituents is 1. The highest BCUT2D eigenvalue weighted by Crippen LogP contribution is 2.26. The van der Waals surface area contributed by atoms with Crippen molar-refractivity contribution in [2.24, 2.45) is 5.92 Å². The van der Waals surface area contributed by atoms with Crippen LogP contribution in [0, 0.1) is 16.0 Å². The highest BCUT2D eigenvalue weighted by atomic mass is 16.6. The summed E-state index contributed by atoms with van der Waals surface area (Å²) in [4.78, 5) is 10.5. The van der Waals surface area contributed by atoms with Gasteiger partial charge in [0.05, 0.1) is 15.8 Å². The number of aliphatic hydroxyl groups excluding tert-OH is 1. The lowest BCUT2D eigenvalue weighted by Gasteiger charge is -2.10. The average molecular weight is 234 g/mol. The van der Waals surface area contributed by atoms with Gasteiger partial charge >= 0.3 is 0 Å². The molecule has 1 aromatic heterocycles. The molecule has 5 heteroatoms. The minimum atomic E-state index is -0.373. The van der Waals surface area contributed by atoms with Crippen molar-refractivity contribution in [2.45, 2.75) is 13.5 Å². The summed E-state index contributed by atoms with van der Waals surface area (Å²) < 4.78 is 1.93. The van der Waals surface area contributed by atoms with E-state index in [9.17, 15) is 10.1 Å².